The van der Waals surface area contributed by atoms with Gasteiger partial charge >= 0.3 is 6.09 Å². The predicted molar refractivity (Wildman–Crippen MR) is 118 cm³/mol. The Labute approximate surface area is 181 Å². The van der Waals surface area contributed by atoms with Gasteiger partial charge in [-0.1, -0.05) is 24.3 Å². The largest absolute Gasteiger partial charge is 0.497 e. The van der Waals surface area contributed by atoms with Crippen LogP contribution >= 0.6 is 0 Å². The van der Waals surface area contributed by atoms with Crippen LogP contribution in [0.1, 0.15) is 37.3 Å². The normalized spacial score (nSPS) is 23.5. The predicted octanol–water partition coefficient (Wildman–Crippen LogP) is 3.68. The molecular weight excluding hydrogens is 394 g/mol. The molecular formula is C24H27N3O4. The maximum Gasteiger partial charge on any atom is 0.407 e. The minimum atomic E-state index is -0.874. The maximum absolute atomic E-state index is 13.7. The average Bonchev–Trinajstić information content (AvgIpc) is 3.11. The van der Waals surface area contributed by atoms with Crippen LogP contribution in [0.25, 0.3) is 0 Å². The minimum Gasteiger partial charge on any atom is -0.497 e. The molecule has 0 spiro atoms. The Morgan fingerprint density at radius 1 is 1.19 bits per heavy atom. The minimum absolute atomic E-state index is 0.0642. The summed E-state index contributed by atoms with van der Waals surface area (Å²) in [5.74, 6) is 0.926. The van der Waals surface area contributed by atoms with Crippen molar-refractivity contribution in [2.24, 2.45) is 0 Å². The van der Waals surface area contributed by atoms with Crippen molar-refractivity contribution in [1.29, 1.82) is 0 Å². The van der Waals surface area contributed by atoms with E-state index in [1.165, 1.54) is 4.90 Å². The molecule has 3 heterocycles. The Morgan fingerprint density at radius 2 is 1.94 bits per heavy atom. The van der Waals surface area contributed by atoms with E-state index in [9.17, 15) is 14.7 Å². The molecule has 3 aliphatic rings. The van der Waals surface area contributed by atoms with E-state index < -0.39 is 11.6 Å². The Balaban J connectivity index is 1.57. The molecule has 2 aromatic carbocycles. The highest BCUT2D eigenvalue weighted by Gasteiger charge is 2.55. The number of amides is 2. The number of carbonyl (C=O) groups excluding carboxylic acids is 1. The van der Waals surface area contributed by atoms with Crippen LogP contribution < -0.4 is 14.5 Å². The van der Waals surface area contributed by atoms with Crippen molar-refractivity contribution >= 4 is 23.4 Å². The topological polar surface area (TPSA) is 73.3 Å². The Bertz CT molecular complexity index is 1050. The van der Waals surface area contributed by atoms with Gasteiger partial charge in [0.05, 0.1) is 25.0 Å². The summed E-state index contributed by atoms with van der Waals surface area (Å²) in [5, 5.41) is 9.53. The highest BCUT2D eigenvalue weighted by Crippen LogP contribution is 2.55. The molecule has 7 nitrogen and oxygen atoms in total. The number of piperidine rings is 1. The van der Waals surface area contributed by atoms with Gasteiger partial charge < -0.3 is 24.5 Å². The standard InChI is InChI=1S/C24H27N3O4/c1-24(2)22(28)26(13-15-7-9-16(31-3)10-8-15)20-6-4-5-17-18-14-25(23(29)30)12-11-19(18)27(24)21(17)20/h4-10,18-19H,11-14H2,1-3H3,(H,29,30)/t18-,19-/m0/s1. The maximum atomic E-state index is 13.7. The first-order chi connectivity index (χ1) is 14.8. The van der Waals surface area contributed by atoms with E-state index >= 15 is 0 Å². The number of para-hydroxylation sites is 1. The molecule has 0 bridgehead atoms. The fourth-order valence-corrected chi connectivity index (χ4v) is 5.53. The molecule has 1 saturated heterocycles. The molecule has 2 amide bonds. The number of likely N-dealkylation sites (tertiary alicyclic amines) is 1. The highest BCUT2D eigenvalue weighted by atomic mass is 16.5. The van der Waals surface area contributed by atoms with E-state index in [-0.39, 0.29) is 17.9 Å². The Kier molecular flexibility index (Phi) is 4.39. The molecule has 0 unspecified atom stereocenters. The third-order valence-electron chi connectivity index (χ3n) is 7.03. The lowest BCUT2D eigenvalue weighted by atomic mass is 9.88. The molecule has 0 radical (unpaired) electrons. The van der Waals surface area contributed by atoms with E-state index in [1.54, 1.807) is 7.11 Å². The van der Waals surface area contributed by atoms with Crippen LogP contribution in [0.4, 0.5) is 16.2 Å². The second-order valence-corrected chi connectivity index (χ2v) is 9.07. The van der Waals surface area contributed by atoms with Crippen molar-refractivity contribution in [1.82, 2.24) is 4.90 Å². The van der Waals surface area contributed by atoms with Crippen LogP contribution in [0.2, 0.25) is 0 Å². The van der Waals surface area contributed by atoms with Gasteiger partial charge in [0.1, 0.15) is 11.3 Å². The van der Waals surface area contributed by atoms with E-state index in [2.05, 4.69) is 11.0 Å². The molecule has 7 heteroatoms. The van der Waals surface area contributed by atoms with Gasteiger partial charge in [-0.3, -0.25) is 4.79 Å². The van der Waals surface area contributed by atoms with Gasteiger partial charge in [0.2, 0.25) is 0 Å². The van der Waals surface area contributed by atoms with Crippen molar-refractivity contribution < 1.29 is 19.4 Å². The van der Waals surface area contributed by atoms with Crippen molar-refractivity contribution in [3.05, 3.63) is 53.6 Å². The quantitative estimate of drug-likeness (QED) is 0.819. The number of hydrogen-bond donors (Lipinski definition) is 1. The first-order valence-corrected chi connectivity index (χ1v) is 10.7. The van der Waals surface area contributed by atoms with E-state index in [1.807, 2.05) is 55.1 Å². The second-order valence-electron chi connectivity index (χ2n) is 9.07. The van der Waals surface area contributed by atoms with Gasteiger partial charge in [0, 0.05) is 25.0 Å². The number of carbonyl (C=O) groups is 2. The average molecular weight is 421 g/mol. The molecule has 3 aliphatic heterocycles. The third-order valence-corrected chi connectivity index (χ3v) is 7.03. The van der Waals surface area contributed by atoms with Crippen LogP contribution in [0.15, 0.2) is 42.5 Å². The zero-order valence-electron chi connectivity index (χ0n) is 18.0. The van der Waals surface area contributed by atoms with Gasteiger partial charge in [-0.05, 0) is 49.6 Å². The van der Waals surface area contributed by atoms with E-state index in [0.29, 0.717) is 19.6 Å². The summed E-state index contributed by atoms with van der Waals surface area (Å²) in [4.78, 5) is 31.0. The number of rotatable bonds is 3. The van der Waals surface area contributed by atoms with Crippen molar-refractivity contribution in [3.63, 3.8) is 0 Å². The Morgan fingerprint density at radius 3 is 2.61 bits per heavy atom. The molecule has 0 saturated carbocycles. The molecule has 1 N–H and O–H groups in total. The number of methoxy groups -OCH3 is 1. The highest BCUT2D eigenvalue weighted by molar-refractivity contribution is 6.09. The lowest BCUT2D eigenvalue weighted by Gasteiger charge is -2.50. The first kappa shape index (κ1) is 19.7. The summed E-state index contributed by atoms with van der Waals surface area (Å²) in [6.45, 7) is 5.42. The van der Waals surface area contributed by atoms with Crippen LogP contribution in [-0.4, -0.2) is 53.8 Å². The molecule has 2 atom stereocenters. The summed E-state index contributed by atoms with van der Waals surface area (Å²) in [6.07, 6.45) is -0.152. The smallest absolute Gasteiger partial charge is 0.407 e. The van der Waals surface area contributed by atoms with Crippen molar-refractivity contribution in [2.75, 3.05) is 30.0 Å². The summed E-state index contributed by atoms with van der Waals surface area (Å²) in [5.41, 5.74) is 3.47. The monoisotopic (exact) mass is 421 g/mol. The summed E-state index contributed by atoms with van der Waals surface area (Å²) < 4.78 is 5.25. The number of fused-ring (bicyclic) bond motifs is 3. The van der Waals surface area contributed by atoms with Gasteiger partial charge in [-0.25, -0.2) is 4.79 Å². The SMILES string of the molecule is COc1ccc(CN2C(=O)C(C)(C)N3c4c(cccc42)[C@@H]2CN(C(=O)O)CC[C@@H]23)cc1. The lowest BCUT2D eigenvalue weighted by molar-refractivity contribution is -0.123. The molecule has 162 valence electrons. The summed E-state index contributed by atoms with van der Waals surface area (Å²) >= 11 is 0. The molecule has 31 heavy (non-hydrogen) atoms. The van der Waals surface area contributed by atoms with Gasteiger partial charge in [0.25, 0.3) is 5.91 Å². The van der Waals surface area contributed by atoms with Crippen LogP contribution in [-0.2, 0) is 11.3 Å². The number of hydrogen-bond acceptors (Lipinski definition) is 4. The fraction of sp³-hybridized carbons (Fsp3) is 0.417. The zero-order chi connectivity index (χ0) is 21.9. The van der Waals surface area contributed by atoms with Crippen LogP contribution in [0, 0.1) is 0 Å². The number of anilines is 2. The molecule has 2 aromatic rings. The van der Waals surface area contributed by atoms with E-state index in [0.717, 1.165) is 34.7 Å². The number of benzene rings is 2. The fourth-order valence-electron chi connectivity index (χ4n) is 5.53. The van der Waals surface area contributed by atoms with Crippen molar-refractivity contribution in [2.45, 2.75) is 44.3 Å². The van der Waals surface area contributed by atoms with Crippen molar-refractivity contribution in [3.8, 4) is 5.75 Å². The Hall–Kier alpha value is -3.22. The van der Waals surface area contributed by atoms with Gasteiger partial charge in [-0.15, -0.1) is 0 Å². The van der Waals surface area contributed by atoms with Crippen LogP contribution in [0.5, 0.6) is 5.75 Å². The summed E-state index contributed by atoms with van der Waals surface area (Å²) in [6, 6.07) is 14.0. The second kappa shape index (κ2) is 6.90. The molecule has 0 aliphatic carbocycles. The number of ether oxygens (including phenoxy) is 1. The lowest BCUT2D eigenvalue weighted by Crippen LogP contribution is -2.63. The molecule has 1 fully saturated rings. The zero-order valence-corrected chi connectivity index (χ0v) is 18.0. The number of carboxylic acid groups (broad SMARTS) is 1. The van der Waals surface area contributed by atoms with E-state index in [4.69, 9.17) is 4.74 Å². The van der Waals surface area contributed by atoms with Gasteiger partial charge in [-0.2, -0.15) is 0 Å². The first-order valence-electron chi connectivity index (χ1n) is 10.7. The number of nitrogens with zero attached hydrogens (tertiary/aromatic N) is 3. The van der Waals surface area contributed by atoms with Crippen LogP contribution in [0.3, 0.4) is 0 Å². The molecule has 5 rings (SSSR count). The third kappa shape index (κ3) is 2.86. The molecule has 0 aromatic heterocycles. The van der Waals surface area contributed by atoms with Gasteiger partial charge in [0.15, 0.2) is 0 Å². The summed E-state index contributed by atoms with van der Waals surface area (Å²) in [7, 11) is 1.64.